The average Bonchev–Trinajstić information content (AvgIpc) is 3.20. The van der Waals surface area contributed by atoms with Crippen LogP contribution in [0, 0.1) is 12.7 Å². The lowest BCUT2D eigenvalue weighted by molar-refractivity contribution is -0.148. The van der Waals surface area contributed by atoms with Gasteiger partial charge in [0.05, 0.1) is 6.42 Å². The molecule has 2 nitrogen and oxygen atoms in total. The zero-order valence-electron chi connectivity index (χ0n) is 12.0. The van der Waals surface area contributed by atoms with Crippen LogP contribution in [0.3, 0.4) is 0 Å². The zero-order chi connectivity index (χ0) is 15.6. The van der Waals surface area contributed by atoms with Crippen molar-refractivity contribution in [2.24, 2.45) is 5.73 Å². The van der Waals surface area contributed by atoms with Crippen LogP contribution in [0.15, 0.2) is 18.2 Å². The lowest BCUT2D eigenvalue weighted by Gasteiger charge is -2.33. The molecule has 1 aromatic rings. The van der Waals surface area contributed by atoms with Crippen LogP contribution in [-0.4, -0.2) is 30.2 Å². The van der Waals surface area contributed by atoms with Gasteiger partial charge in [0.1, 0.15) is 5.82 Å². The molecular formula is C15H20F4N2. The van der Waals surface area contributed by atoms with Gasteiger partial charge in [-0.3, -0.25) is 4.90 Å². The van der Waals surface area contributed by atoms with Crippen molar-refractivity contribution in [2.75, 3.05) is 13.1 Å². The maximum Gasteiger partial charge on any atom is 0.390 e. The van der Waals surface area contributed by atoms with Gasteiger partial charge in [-0.1, -0.05) is 18.2 Å². The summed E-state index contributed by atoms with van der Waals surface area (Å²) in [7, 11) is 0. The number of nitrogens with two attached hydrogens (primary N) is 1. The zero-order valence-corrected chi connectivity index (χ0v) is 12.0. The molecule has 0 heterocycles. The minimum absolute atomic E-state index is 0.0841. The Labute approximate surface area is 121 Å². The number of hydrogen-bond donors (Lipinski definition) is 1. The molecule has 118 valence electrons. The molecule has 2 rings (SSSR count). The molecule has 0 radical (unpaired) electrons. The number of alkyl halides is 3. The quantitative estimate of drug-likeness (QED) is 0.814. The maximum atomic E-state index is 14.3. The van der Waals surface area contributed by atoms with E-state index in [1.54, 1.807) is 24.0 Å². The van der Waals surface area contributed by atoms with Gasteiger partial charge in [0.15, 0.2) is 0 Å². The predicted molar refractivity (Wildman–Crippen MR) is 73.3 cm³/mol. The van der Waals surface area contributed by atoms with Gasteiger partial charge >= 0.3 is 6.18 Å². The maximum absolute atomic E-state index is 14.3. The van der Waals surface area contributed by atoms with Gasteiger partial charge < -0.3 is 5.73 Å². The Kier molecular flexibility index (Phi) is 4.88. The van der Waals surface area contributed by atoms with Gasteiger partial charge in [0.25, 0.3) is 0 Å². The fourth-order valence-electron chi connectivity index (χ4n) is 2.70. The second-order valence-electron chi connectivity index (χ2n) is 5.57. The highest BCUT2D eigenvalue weighted by atomic mass is 19.4. The fourth-order valence-corrected chi connectivity index (χ4v) is 2.70. The third-order valence-electron chi connectivity index (χ3n) is 3.81. The first-order chi connectivity index (χ1) is 9.83. The summed E-state index contributed by atoms with van der Waals surface area (Å²) < 4.78 is 53.1. The summed E-state index contributed by atoms with van der Waals surface area (Å²) in [5, 5.41) is 0. The van der Waals surface area contributed by atoms with Crippen LogP contribution < -0.4 is 5.73 Å². The molecule has 1 aliphatic rings. The molecule has 1 fully saturated rings. The first-order valence-corrected chi connectivity index (χ1v) is 7.11. The van der Waals surface area contributed by atoms with Crippen LogP contribution >= 0.6 is 0 Å². The van der Waals surface area contributed by atoms with Crippen LogP contribution in [0.2, 0.25) is 0 Å². The van der Waals surface area contributed by atoms with Crippen molar-refractivity contribution in [1.29, 1.82) is 0 Å². The summed E-state index contributed by atoms with van der Waals surface area (Å²) in [5.74, 6) is -0.547. The molecule has 0 aromatic heterocycles. The molecule has 1 atom stereocenters. The van der Waals surface area contributed by atoms with E-state index in [0.29, 0.717) is 12.1 Å². The normalized spacial score (nSPS) is 17.3. The Morgan fingerprint density at radius 3 is 2.52 bits per heavy atom. The topological polar surface area (TPSA) is 29.3 Å². The minimum atomic E-state index is -4.34. The van der Waals surface area contributed by atoms with Gasteiger partial charge in [0, 0.05) is 30.7 Å². The van der Waals surface area contributed by atoms with E-state index >= 15 is 0 Å². The largest absolute Gasteiger partial charge is 0.390 e. The van der Waals surface area contributed by atoms with E-state index in [9.17, 15) is 17.6 Å². The Balaban J connectivity index is 2.36. The molecule has 0 aliphatic heterocycles. The van der Waals surface area contributed by atoms with E-state index in [1.165, 1.54) is 6.07 Å². The van der Waals surface area contributed by atoms with E-state index in [0.717, 1.165) is 12.8 Å². The summed E-state index contributed by atoms with van der Waals surface area (Å²) in [5.41, 5.74) is 6.01. The van der Waals surface area contributed by atoms with Crippen LogP contribution in [0.25, 0.3) is 0 Å². The number of hydrogen-bond acceptors (Lipinski definition) is 2. The molecular weight excluding hydrogens is 284 g/mol. The van der Waals surface area contributed by atoms with E-state index in [2.05, 4.69) is 0 Å². The highest BCUT2D eigenvalue weighted by Crippen LogP contribution is 2.40. The SMILES string of the molecule is Cc1cccc(C(CC(F)(F)F)N(CCN)C2CC2)c1F. The number of aryl methyl sites for hydroxylation is 1. The molecule has 0 saturated heterocycles. The van der Waals surface area contributed by atoms with Crippen molar-refractivity contribution < 1.29 is 17.6 Å². The van der Waals surface area contributed by atoms with E-state index in [-0.39, 0.29) is 18.2 Å². The van der Waals surface area contributed by atoms with E-state index in [1.807, 2.05) is 0 Å². The van der Waals surface area contributed by atoms with Crippen molar-refractivity contribution in [1.82, 2.24) is 4.90 Å². The number of halogens is 4. The van der Waals surface area contributed by atoms with Gasteiger partial charge in [0.2, 0.25) is 0 Å². The van der Waals surface area contributed by atoms with Gasteiger partial charge in [-0.25, -0.2) is 4.39 Å². The molecule has 0 amide bonds. The second-order valence-corrected chi connectivity index (χ2v) is 5.57. The fraction of sp³-hybridized carbons (Fsp3) is 0.600. The standard InChI is InChI=1S/C15H20F4N2/c1-10-3-2-4-12(14(10)16)13(9-15(17,18)19)21(8-7-20)11-5-6-11/h2-4,11,13H,5-9,20H2,1H3. The third-order valence-corrected chi connectivity index (χ3v) is 3.81. The van der Waals surface area contributed by atoms with Crippen LogP contribution in [0.5, 0.6) is 0 Å². The predicted octanol–water partition coefficient (Wildman–Crippen LogP) is 3.55. The number of nitrogens with zero attached hydrogens (tertiary/aromatic N) is 1. The average molecular weight is 304 g/mol. The highest BCUT2D eigenvalue weighted by molar-refractivity contribution is 5.28. The molecule has 2 N–H and O–H groups in total. The van der Waals surface area contributed by atoms with Gasteiger partial charge in [-0.15, -0.1) is 0 Å². The van der Waals surface area contributed by atoms with Crippen LogP contribution in [0.1, 0.15) is 36.4 Å². The van der Waals surface area contributed by atoms with Crippen molar-refractivity contribution >= 4 is 0 Å². The first-order valence-electron chi connectivity index (χ1n) is 7.11. The highest BCUT2D eigenvalue weighted by Gasteiger charge is 2.41. The molecule has 1 aliphatic carbocycles. The molecule has 1 unspecified atom stereocenters. The molecule has 1 saturated carbocycles. The summed E-state index contributed by atoms with van der Waals surface area (Å²) in [4.78, 5) is 1.71. The van der Waals surface area contributed by atoms with Gasteiger partial charge in [-0.05, 0) is 25.3 Å². The van der Waals surface area contributed by atoms with E-state index in [4.69, 9.17) is 5.73 Å². The molecule has 0 spiro atoms. The molecule has 6 heteroatoms. The Morgan fingerprint density at radius 2 is 2.00 bits per heavy atom. The number of benzene rings is 1. The van der Waals surface area contributed by atoms with Crippen molar-refractivity contribution in [3.8, 4) is 0 Å². The summed E-state index contributed by atoms with van der Waals surface area (Å²) in [6.45, 7) is 2.17. The van der Waals surface area contributed by atoms with Crippen LogP contribution in [0.4, 0.5) is 17.6 Å². The van der Waals surface area contributed by atoms with Crippen molar-refractivity contribution in [3.63, 3.8) is 0 Å². The molecule has 21 heavy (non-hydrogen) atoms. The Hall–Kier alpha value is -1.14. The second kappa shape index (κ2) is 6.32. The lowest BCUT2D eigenvalue weighted by Crippen LogP contribution is -2.38. The Bertz CT molecular complexity index is 483. The molecule has 1 aromatic carbocycles. The third kappa shape index (κ3) is 4.17. The summed E-state index contributed by atoms with van der Waals surface area (Å²) in [6, 6.07) is 3.70. The van der Waals surface area contributed by atoms with E-state index < -0.39 is 24.5 Å². The monoisotopic (exact) mass is 304 g/mol. The van der Waals surface area contributed by atoms with Crippen molar-refractivity contribution in [2.45, 2.75) is 44.4 Å². The number of rotatable bonds is 6. The Morgan fingerprint density at radius 1 is 1.33 bits per heavy atom. The van der Waals surface area contributed by atoms with Gasteiger partial charge in [-0.2, -0.15) is 13.2 Å². The summed E-state index contributed by atoms with van der Waals surface area (Å²) in [6.07, 6.45) is -3.70. The van der Waals surface area contributed by atoms with Crippen LogP contribution in [-0.2, 0) is 0 Å². The first kappa shape index (κ1) is 16.2. The molecule has 0 bridgehead atoms. The summed E-state index contributed by atoms with van der Waals surface area (Å²) >= 11 is 0. The minimum Gasteiger partial charge on any atom is -0.329 e. The lowest BCUT2D eigenvalue weighted by atomic mass is 9.98. The smallest absolute Gasteiger partial charge is 0.329 e. The van der Waals surface area contributed by atoms with Crippen molar-refractivity contribution in [3.05, 3.63) is 35.1 Å².